The summed E-state index contributed by atoms with van der Waals surface area (Å²) in [5.41, 5.74) is 7.53. The molecule has 5 heteroatoms. The molecule has 34 heavy (non-hydrogen) atoms. The molecule has 2 aliphatic rings. The minimum atomic E-state index is 0. The van der Waals surface area contributed by atoms with Crippen molar-refractivity contribution in [3.8, 4) is 11.5 Å². The quantitative estimate of drug-likeness (QED) is 0.433. The normalized spacial score (nSPS) is 16.8. The van der Waals surface area contributed by atoms with Gasteiger partial charge in [-0.05, 0) is 53.3 Å². The maximum Gasteiger partial charge on any atom is 0.162 e. The van der Waals surface area contributed by atoms with Crippen LogP contribution in [-0.4, -0.2) is 28.2 Å². The average Bonchev–Trinajstić information content (AvgIpc) is 3.18. The van der Waals surface area contributed by atoms with E-state index in [0.29, 0.717) is 12.6 Å². The van der Waals surface area contributed by atoms with Gasteiger partial charge >= 0.3 is 0 Å². The largest absolute Gasteiger partial charge is 0.493 e. The summed E-state index contributed by atoms with van der Waals surface area (Å²) in [7, 11) is 1.71. The Morgan fingerprint density at radius 1 is 1.00 bits per heavy atom. The minimum Gasteiger partial charge on any atom is -0.493 e. The molecule has 5 nitrogen and oxygen atoms in total. The molecule has 3 heterocycles. The van der Waals surface area contributed by atoms with E-state index in [4.69, 9.17) is 9.47 Å². The van der Waals surface area contributed by atoms with E-state index < -0.39 is 0 Å². The first-order valence-corrected chi connectivity index (χ1v) is 11.6. The fourth-order valence-electron chi connectivity index (χ4n) is 5.58. The third-order valence-corrected chi connectivity index (χ3v) is 7.22. The van der Waals surface area contributed by atoms with Crippen LogP contribution in [0.4, 0.5) is 0 Å². The number of hydrogen-bond acceptors (Lipinski definition) is 4. The zero-order valence-electron chi connectivity index (χ0n) is 18.8. The fraction of sp³-hybridized carbons (Fsp3) is 0.310. The van der Waals surface area contributed by atoms with Crippen LogP contribution in [0.5, 0.6) is 11.5 Å². The molecule has 176 valence electrons. The van der Waals surface area contributed by atoms with E-state index in [0.717, 1.165) is 48.5 Å². The summed E-state index contributed by atoms with van der Waals surface area (Å²) in [5, 5.41) is 11.3. The van der Waals surface area contributed by atoms with E-state index in [2.05, 4.69) is 51.9 Å². The van der Waals surface area contributed by atoms with Crippen LogP contribution < -0.4 is 9.47 Å². The molecule has 1 aromatic heterocycles. The zero-order valence-corrected chi connectivity index (χ0v) is 18.8. The number of aliphatic hydroxyl groups is 1. The molecule has 0 saturated carbocycles. The number of nitrogens with zero attached hydrogens (tertiary/aromatic N) is 2. The Morgan fingerprint density at radius 3 is 2.59 bits per heavy atom. The number of benzene rings is 3. The Kier molecular flexibility index (Phi) is 6.07. The van der Waals surface area contributed by atoms with E-state index in [1.165, 1.54) is 27.8 Å². The van der Waals surface area contributed by atoms with Gasteiger partial charge in [-0.2, -0.15) is 0 Å². The number of hydrogen-bond donors (Lipinski definition) is 1. The monoisotopic (exact) mass is 456 g/mol. The van der Waals surface area contributed by atoms with Gasteiger partial charge in [-0.1, -0.05) is 56.0 Å². The van der Waals surface area contributed by atoms with Crippen molar-refractivity contribution in [3.05, 3.63) is 94.7 Å². The highest BCUT2D eigenvalue weighted by molar-refractivity contribution is 5.86. The highest BCUT2D eigenvalue weighted by Crippen LogP contribution is 2.44. The third kappa shape index (κ3) is 3.65. The van der Waals surface area contributed by atoms with Crippen molar-refractivity contribution < 1.29 is 14.6 Å². The van der Waals surface area contributed by atoms with Gasteiger partial charge in [-0.15, -0.1) is 0 Å². The highest BCUT2D eigenvalue weighted by atomic mass is 16.5. The number of aliphatic hydroxyl groups excluding tert-OH is 1. The van der Waals surface area contributed by atoms with E-state index >= 15 is 0 Å². The fourth-order valence-corrected chi connectivity index (χ4v) is 5.58. The molecule has 0 fully saturated rings. The van der Waals surface area contributed by atoms with E-state index in [1.54, 1.807) is 7.11 Å². The highest BCUT2D eigenvalue weighted by Gasteiger charge is 2.35. The molecular formula is C29H32N2O3. The van der Waals surface area contributed by atoms with Crippen molar-refractivity contribution in [2.75, 3.05) is 13.7 Å². The van der Waals surface area contributed by atoms with Crippen LogP contribution in [0.2, 0.25) is 0 Å². The first-order chi connectivity index (χ1) is 16.3. The molecule has 0 amide bonds. The van der Waals surface area contributed by atoms with Crippen LogP contribution in [-0.2, 0) is 32.7 Å². The molecule has 4 aromatic rings. The summed E-state index contributed by atoms with van der Waals surface area (Å²) in [5.74, 6) is 1.59. The molecule has 3 aromatic carbocycles. The van der Waals surface area contributed by atoms with Gasteiger partial charge < -0.3 is 19.1 Å². The molecule has 2 aliphatic heterocycles. The summed E-state index contributed by atoms with van der Waals surface area (Å²) in [6.45, 7) is 2.37. The van der Waals surface area contributed by atoms with Gasteiger partial charge in [0.1, 0.15) is 13.3 Å². The SMILES string of the molecule is C.COc1cc2c(cc1OCc1ccccc1)C1Cc3c(n(CO)c4ccccc34)CN1CC2. The van der Waals surface area contributed by atoms with Gasteiger partial charge in [-0.3, -0.25) is 4.90 Å². The topological polar surface area (TPSA) is 46.9 Å². The standard InChI is InChI=1S/C28H28N2O3.CH4/c1-32-27-13-20-11-12-29-16-26-23(21-9-5-6-10-24(21)30(26)18-31)14-25(29)22(20)15-28(27)33-17-19-7-3-2-4-8-19;/h2-10,13,15,25,31H,11-12,14,16-18H2,1H3;1H4. The summed E-state index contributed by atoms with van der Waals surface area (Å²) in [6, 6.07) is 23.3. The lowest BCUT2D eigenvalue weighted by Crippen LogP contribution is -2.39. The van der Waals surface area contributed by atoms with Crippen molar-refractivity contribution in [1.82, 2.24) is 9.47 Å². The molecule has 6 rings (SSSR count). The number of methoxy groups -OCH3 is 1. The number of ether oxygens (including phenoxy) is 2. The zero-order chi connectivity index (χ0) is 22.4. The Bertz CT molecular complexity index is 1310. The third-order valence-electron chi connectivity index (χ3n) is 7.22. The first-order valence-electron chi connectivity index (χ1n) is 11.6. The molecule has 1 atom stereocenters. The first kappa shape index (κ1) is 22.5. The van der Waals surface area contributed by atoms with Gasteiger partial charge in [0, 0.05) is 30.2 Å². The summed E-state index contributed by atoms with van der Waals surface area (Å²) >= 11 is 0. The van der Waals surface area contributed by atoms with E-state index in [9.17, 15) is 5.11 Å². The van der Waals surface area contributed by atoms with E-state index in [-0.39, 0.29) is 14.2 Å². The Balaban J connectivity index is 0.00000241. The van der Waals surface area contributed by atoms with Crippen molar-refractivity contribution in [2.24, 2.45) is 0 Å². The number of aromatic nitrogens is 1. The Hall–Kier alpha value is -3.28. The van der Waals surface area contributed by atoms with E-state index in [1.807, 2.05) is 24.3 Å². The average molecular weight is 457 g/mol. The smallest absolute Gasteiger partial charge is 0.162 e. The van der Waals surface area contributed by atoms with Gasteiger partial charge in [0.25, 0.3) is 0 Å². The Labute approximate surface area is 201 Å². The maximum atomic E-state index is 10.1. The second kappa shape index (κ2) is 9.16. The summed E-state index contributed by atoms with van der Waals surface area (Å²) < 4.78 is 14.0. The molecule has 0 saturated heterocycles. The van der Waals surface area contributed by atoms with Crippen LogP contribution in [0.3, 0.4) is 0 Å². The van der Waals surface area contributed by atoms with Crippen molar-refractivity contribution in [1.29, 1.82) is 0 Å². The van der Waals surface area contributed by atoms with Gasteiger partial charge in [0.05, 0.1) is 12.6 Å². The summed E-state index contributed by atoms with van der Waals surface area (Å²) in [6.07, 6.45) is 1.91. The molecule has 0 bridgehead atoms. The molecule has 1 unspecified atom stereocenters. The minimum absolute atomic E-state index is 0. The lowest BCUT2D eigenvalue weighted by molar-refractivity contribution is 0.145. The van der Waals surface area contributed by atoms with Gasteiger partial charge in [0.15, 0.2) is 11.5 Å². The lowest BCUT2D eigenvalue weighted by atomic mass is 9.85. The predicted octanol–water partition coefficient (Wildman–Crippen LogP) is 5.47. The molecule has 0 spiro atoms. The number of fused-ring (bicyclic) bond motifs is 6. The second-order valence-electron chi connectivity index (χ2n) is 8.93. The van der Waals surface area contributed by atoms with Crippen LogP contribution in [0.15, 0.2) is 66.7 Å². The molecule has 0 radical (unpaired) electrons. The number of rotatable bonds is 5. The molecule has 0 aliphatic carbocycles. The second-order valence-corrected chi connectivity index (χ2v) is 8.93. The van der Waals surface area contributed by atoms with Crippen LogP contribution in [0, 0.1) is 0 Å². The van der Waals surface area contributed by atoms with Crippen LogP contribution >= 0.6 is 0 Å². The Morgan fingerprint density at radius 2 is 1.79 bits per heavy atom. The van der Waals surface area contributed by atoms with Gasteiger partial charge in [0.2, 0.25) is 0 Å². The lowest BCUT2D eigenvalue weighted by Gasteiger charge is -2.41. The van der Waals surface area contributed by atoms with Gasteiger partial charge in [-0.25, -0.2) is 0 Å². The van der Waals surface area contributed by atoms with Crippen LogP contribution in [0.25, 0.3) is 10.9 Å². The summed E-state index contributed by atoms with van der Waals surface area (Å²) in [4.78, 5) is 2.54. The van der Waals surface area contributed by atoms with Crippen molar-refractivity contribution in [3.63, 3.8) is 0 Å². The molecular weight excluding hydrogens is 424 g/mol. The molecule has 1 N–H and O–H groups in total. The maximum absolute atomic E-state index is 10.1. The van der Waals surface area contributed by atoms with Crippen molar-refractivity contribution >= 4 is 10.9 Å². The van der Waals surface area contributed by atoms with Crippen LogP contribution in [0.1, 0.15) is 41.4 Å². The number of para-hydroxylation sites is 1. The van der Waals surface area contributed by atoms with Crippen molar-refractivity contribution in [2.45, 2.75) is 46.2 Å². The predicted molar refractivity (Wildman–Crippen MR) is 135 cm³/mol.